The Labute approximate surface area is 95.4 Å². The van der Waals surface area contributed by atoms with E-state index in [9.17, 15) is 9.59 Å². The molecule has 0 saturated carbocycles. The molecule has 0 bridgehead atoms. The van der Waals surface area contributed by atoms with Crippen LogP contribution >= 0.6 is 0 Å². The standard InChI is InChI=1S/C11H18N2O3/c1-8(7-14)6-13(11(15)12-3)10-5-4-9(2)16-10/h6-7,9-10H,4-5H2,1-3H3,(H,12,15)/b8-6-. The molecule has 5 heteroatoms. The molecule has 1 N–H and O–H groups in total. The molecule has 2 atom stereocenters. The summed E-state index contributed by atoms with van der Waals surface area (Å²) >= 11 is 0. The van der Waals surface area contributed by atoms with Gasteiger partial charge in [0.15, 0.2) is 0 Å². The number of hydrogen-bond donors (Lipinski definition) is 1. The number of carbonyl (C=O) groups excluding carboxylic acids is 2. The number of urea groups is 1. The first-order valence-electron chi connectivity index (χ1n) is 5.37. The van der Waals surface area contributed by atoms with Crippen molar-refractivity contribution in [3.8, 4) is 0 Å². The number of ether oxygens (including phenoxy) is 1. The summed E-state index contributed by atoms with van der Waals surface area (Å²) in [6.07, 6.45) is 3.83. The highest BCUT2D eigenvalue weighted by Crippen LogP contribution is 2.23. The monoisotopic (exact) mass is 226 g/mol. The highest BCUT2D eigenvalue weighted by Gasteiger charge is 2.29. The van der Waals surface area contributed by atoms with Crippen LogP contribution in [0, 0.1) is 0 Å². The zero-order valence-corrected chi connectivity index (χ0v) is 9.90. The van der Waals surface area contributed by atoms with Crippen molar-refractivity contribution in [3.05, 3.63) is 11.8 Å². The highest BCUT2D eigenvalue weighted by atomic mass is 16.5. The van der Waals surface area contributed by atoms with Gasteiger partial charge >= 0.3 is 6.03 Å². The molecule has 0 aliphatic carbocycles. The average molecular weight is 226 g/mol. The van der Waals surface area contributed by atoms with Gasteiger partial charge in [-0.2, -0.15) is 0 Å². The fourth-order valence-corrected chi connectivity index (χ4v) is 1.64. The zero-order chi connectivity index (χ0) is 12.1. The molecule has 1 aliphatic rings. The molecule has 0 spiro atoms. The molecule has 1 rings (SSSR count). The lowest BCUT2D eigenvalue weighted by molar-refractivity contribution is -0.105. The Morgan fingerprint density at radius 1 is 1.50 bits per heavy atom. The van der Waals surface area contributed by atoms with E-state index < -0.39 is 0 Å². The Balaban J connectivity index is 2.79. The number of hydrogen-bond acceptors (Lipinski definition) is 3. The van der Waals surface area contributed by atoms with Crippen molar-refractivity contribution in [2.24, 2.45) is 0 Å². The largest absolute Gasteiger partial charge is 0.355 e. The van der Waals surface area contributed by atoms with Crippen LogP contribution < -0.4 is 5.32 Å². The maximum absolute atomic E-state index is 11.6. The van der Waals surface area contributed by atoms with Crippen LogP contribution in [0.1, 0.15) is 26.7 Å². The number of allylic oxidation sites excluding steroid dienone is 1. The second kappa shape index (κ2) is 5.65. The second-order valence-electron chi connectivity index (χ2n) is 3.93. The molecule has 0 aromatic carbocycles. The first-order valence-corrected chi connectivity index (χ1v) is 5.37. The third kappa shape index (κ3) is 3.06. The molecule has 2 unspecified atom stereocenters. The summed E-state index contributed by atoms with van der Waals surface area (Å²) in [6.45, 7) is 3.62. The van der Waals surface area contributed by atoms with E-state index in [-0.39, 0.29) is 18.4 Å². The van der Waals surface area contributed by atoms with E-state index >= 15 is 0 Å². The van der Waals surface area contributed by atoms with Gasteiger partial charge in [-0.05, 0) is 26.7 Å². The minimum Gasteiger partial charge on any atom is -0.355 e. The molecular formula is C11H18N2O3. The Kier molecular flexibility index (Phi) is 4.49. The van der Waals surface area contributed by atoms with Crippen LogP contribution in [0.5, 0.6) is 0 Å². The van der Waals surface area contributed by atoms with Crippen LogP contribution in [0.25, 0.3) is 0 Å². The molecule has 16 heavy (non-hydrogen) atoms. The number of rotatable bonds is 3. The quantitative estimate of drug-likeness (QED) is 0.582. The lowest BCUT2D eigenvalue weighted by atomic mass is 10.2. The first-order chi connectivity index (χ1) is 7.58. The van der Waals surface area contributed by atoms with Gasteiger partial charge in [-0.15, -0.1) is 0 Å². The molecule has 1 fully saturated rings. The smallest absolute Gasteiger partial charge is 0.323 e. The van der Waals surface area contributed by atoms with E-state index in [1.165, 1.54) is 11.1 Å². The van der Waals surface area contributed by atoms with Crippen molar-refractivity contribution >= 4 is 12.3 Å². The van der Waals surface area contributed by atoms with Gasteiger partial charge < -0.3 is 10.1 Å². The molecule has 1 heterocycles. The molecule has 5 nitrogen and oxygen atoms in total. The van der Waals surface area contributed by atoms with Gasteiger partial charge in [0, 0.05) is 18.8 Å². The van der Waals surface area contributed by atoms with Gasteiger partial charge in [0.2, 0.25) is 0 Å². The summed E-state index contributed by atoms with van der Waals surface area (Å²) in [4.78, 5) is 23.6. The molecule has 90 valence electrons. The number of carbonyl (C=O) groups is 2. The summed E-state index contributed by atoms with van der Waals surface area (Å²) in [7, 11) is 1.55. The fraction of sp³-hybridized carbons (Fsp3) is 0.636. The second-order valence-corrected chi connectivity index (χ2v) is 3.93. The van der Waals surface area contributed by atoms with Crippen LogP contribution in [0.4, 0.5) is 4.79 Å². The van der Waals surface area contributed by atoms with E-state index in [1.807, 2.05) is 6.92 Å². The summed E-state index contributed by atoms with van der Waals surface area (Å²) in [6, 6.07) is -0.264. The lowest BCUT2D eigenvalue weighted by Gasteiger charge is -2.25. The zero-order valence-electron chi connectivity index (χ0n) is 9.90. The minimum absolute atomic E-state index is 0.155. The van der Waals surface area contributed by atoms with E-state index in [2.05, 4.69) is 5.32 Å². The van der Waals surface area contributed by atoms with Gasteiger partial charge in [-0.25, -0.2) is 4.79 Å². The lowest BCUT2D eigenvalue weighted by Crippen LogP contribution is -2.41. The summed E-state index contributed by atoms with van der Waals surface area (Å²) < 4.78 is 5.60. The number of nitrogens with zero attached hydrogens (tertiary/aromatic N) is 1. The SMILES string of the molecule is CNC(=O)N(/C=C(/C)C=O)C1CCC(C)O1. The molecule has 0 aromatic rings. The third-order valence-electron chi connectivity index (χ3n) is 2.50. The maximum atomic E-state index is 11.6. The Bertz CT molecular complexity index is 302. The van der Waals surface area contributed by atoms with Gasteiger partial charge in [0.05, 0.1) is 6.10 Å². The van der Waals surface area contributed by atoms with E-state index in [1.54, 1.807) is 14.0 Å². The van der Waals surface area contributed by atoms with Gasteiger partial charge in [0.25, 0.3) is 0 Å². The summed E-state index contributed by atoms with van der Waals surface area (Å²) in [5, 5.41) is 2.53. The van der Waals surface area contributed by atoms with Gasteiger partial charge in [-0.1, -0.05) is 0 Å². The Morgan fingerprint density at radius 3 is 2.62 bits per heavy atom. The molecule has 1 aliphatic heterocycles. The van der Waals surface area contributed by atoms with Gasteiger partial charge in [0.1, 0.15) is 12.5 Å². The molecule has 1 saturated heterocycles. The van der Waals surface area contributed by atoms with Crippen LogP contribution in [-0.4, -0.2) is 36.6 Å². The number of nitrogens with one attached hydrogen (secondary N) is 1. The summed E-state index contributed by atoms with van der Waals surface area (Å²) in [5.41, 5.74) is 0.492. The number of amides is 2. The fourth-order valence-electron chi connectivity index (χ4n) is 1.64. The highest BCUT2D eigenvalue weighted by molar-refractivity contribution is 5.78. The topological polar surface area (TPSA) is 58.6 Å². The van der Waals surface area contributed by atoms with E-state index in [0.717, 1.165) is 12.8 Å². The van der Waals surface area contributed by atoms with Crippen molar-refractivity contribution in [2.45, 2.75) is 39.0 Å². The van der Waals surface area contributed by atoms with Crippen LogP contribution in [0.15, 0.2) is 11.8 Å². The van der Waals surface area contributed by atoms with Crippen molar-refractivity contribution in [1.82, 2.24) is 10.2 Å². The van der Waals surface area contributed by atoms with Crippen LogP contribution in [-0.2, 0) is 9.53 Å². The normalized spacial score (nSPS) is 25.3. The third-order valence-corrected chi connectivity index (χ3v) is 2.50. The van der Waals surface area contributed by atoms with Gasteiger partial charge in [-0.3, -0.25) is 9.69 Å². The van der Waals surface area contributed by atoms with Crippen molar-refractivity contribution in [3.63, 3.8) is 0 Å². The van der Waals surface area contributed by atoms with Crippen molar-refractivity contribution in [2.75, 3.05) is 7.05 Å². The van der Waals surface area contributed by atoms with Crippen LogP contribution in [0.2, 0.25) is 0 Å². The van der Waals surface area contributed by atoms with Crippen LogP contribution in [0.3, 0.4) is 0 Å². The summed E-state index contributed by atoms with van der Waals surface area (Å²) in [5.74, 6) is 0. The van der Waals surface area contributed by atoms with E-state index in [4.69, 9.17) is 4.74 Å². The molecular weight excluding hydrogens is 208 g/mol. The molecule has 2 amide bonds. The number of aldehydes is 1. The first kappa shape index (κ1) is 12.7. The molecule has 0 radical (unpaired) electrons. The van der Waals surface area contributed by atoms with E-state index in [0.29, 0.717) is 11.9 Å². The maximum Gasteiger partial charge on any atom is 0.323 e. The Hall–Kier alpha value is -1.36. The predicted octanol–water partition coefficient (Wildman–Crippen LogP) is 1.26. The van der Waals surface area contributed by atoms with Crippen molar-refractivity contribution < 1.29 is 14.3 Å². The average Bonchev–Trinajstić information content (AvgIpc) is 2.71. The molecule has 0 aromatic heterocycles. The van der Waals surface area contributed by atoms with Crippen molar-refractivity contribution in [1.29, 1.82) is 0 Å². The minimum atomic E-state index is -0.273. The predicted molar refractivity (Wildman–Crippen MR) is 59.7 cm³/mol. The Morgan fingerprint density at radius 2 is 2.19 bits per heavy atom.